The third-order valence-corrected chi connectivity index (χ3v) is 9.69. The van der Waals surface area contributed by atoms with Crippen LogP contribution >= 0.6 is 0 Å². The third-order valence-electron chi connectivity index (χ3n) is 9.69. The number of furan rings is 1. The van der Waals surface area contributed by atoms with Crippen LogP contribution in [0.4, 0.5) is 0 Å². The van der Waals surface area contributed by atoms with E-state index in [1.54, 1.807) is 0 Å². The van der Waals surface area contributed by atoms with Crippen LogP contribution in [0.1, 0.15) is 0 Å². The Labute approximate surface area is 282 Å². The predicted molar refractivity (Wildman–Crippen MR) is 204 cm³/mol. The van der Waals surface area contributed by atoms with Gasteiger partial charge >= 0.3 is 0 Å². The van der Waals surface area contributed by atoms with Crippen molar-refractivity contribution < 1.29 is 4.42 Å². The van der Waals surface area contributed by atoms with E-state index in [0.29, 0.717) is 11.4 Å². The van der Waals surface area contributed by atoms with E-state index < -0.39 is 0 Å². The van der Waals surface area contributed by atoms with Crippen LogP contribution in [-0.4, -0.2) is 9.97 Å². The van der Waals surface area contributed by atoms with Crippen LogP contribution in [0, 0.1) is 0 Å². The first-order chi connectivity index (χ1) is 24.3. The summed E-state index contributed by atoms with van der Waals surface area (Å²) in [6, 6.07) is 59.8. The van der Waals surface area contributed by atoms with Gasteiger partial charge in [-0.05, 0) is 72.8 Å². The number of nitrogens with zero attached hydrogens (tertiary/aromatic N) is 2. The maximum atomic E-state index is 6.46. The third kappa shape index (κ3) is 4.51. The number of fused-ring (bicyclic) bond motifs is 9. The summed E-state index contributed by atoms with van der Waals surface area (Å²) < 4.78 is 6.46. The van der Waals surface area contributed by atoms with Gasteiger partial charge in [0.15, 0.2) is 11.4 Å². The minimum absolute atomic E-state index is 0.668. The molecule has 0 bridgehead atoms. The quantitative estimate of drug-likeness (QED) is 0.183. The Morgan fingerprint density at radius 1 is 0.327 bits per heavy atom. The number of hydrogen-bond acceptors (Lipinski definition) is 3. The van der Waals surface area contributed by atoms with Crippen LogP contribution in [0.15, 0.2) is 174 Å². The summed E-state index contributed by atoms with van der Waals surface area (Å²) in [4.78, 5) is 10.3. The van der Waals surface area contributed by atoms with E-state index in [4.69, 9.17) is 14.4 Å². The SMILES string of the molecule is c1ccc(-c2ccc3oc4c(-c5ccccc5)nc(-c5ccc(-c6ccc7c8ccccc8c8ccccc8c7c6)cc5)nc4c3c2)cc1. The molecule has 3 heteroatoms. The minimum atomic E-state index is 0.668. The van der Waals surface area contributed by atoms with Gasteiger partial charge in [0.05, 0.1) is 0 Å². The van der Waals surface area contributed by atoms with E-state index in [-0.39, 0.29) is 0 Å². The molecule has 0 N–H and O–H groups in total. The summed E-state index contributed by atoms with van der Waals surface area (Å²) in [7, 11) is 0. The summed E-state index contributed by atoms with van der Waals surface area (Å²) in [6.07, 6.45) is 0. The van der Waals surface area contributed by atoms with Gasteiger partial charge in [0, 0.05) is 16.5 Å². The molecule has 0 unspecified atom stereocenters. The molecular formula is C46H28N2O. The van der Waals surface area contributed by atoms with Crippen LogP contribution in [0.5, 0.6) is 0 Å². The molecule has 228 valence electrons. The Kier molecular flexibility index (Phi) is 6.18. The maximum Gasteiger partial charge on any atom is 0.180 e. The van der Waals surface area contributed by atoms with Crippen molar-refractivity contribution in [2.75, 3.05) is 0 Å². The van der Waals surface area contributed by atoms with Crippen molar-refractivity contribution in [1.29, 1.82) is 0 Å². The van der Waals surface area contributed by atoms with E-state index in [9.17, 15) is 0 Å². The molecule has 10 rings (SSSR count). The summed E-state index contributed by atoms with van der Waals surface area (Å²) in [5.41, 5.74) is 9.64. The molecule has 0 amide bonds. The number of hydrogen-bond donors (Lipinski definition) is 0. The lowest BCUT2D eigenvalue weighted by Crippen LogP contribution is -1.94. The van der Waals surface area contributed by atoms with Gasteiger partial charge < -0.3 is 4.42 Å². The normalized spacial score (nSPS) is 11.7. The fraction of sp³-hybridized carbons (Fsp3) is 0. The van der Waals surface area contributed by atoms with Crippen molar-refractivity contribution in [1.82, 2.24) is 9.97 Å². The first kappa shape index (κ1) is 27.5. The molecule has 0 aliphatic heterocycles. The molecule has 49 heavy (non-hydrogen) atoms. The molecule has 8 aromatic carbocycles. The second kappa shape index (κ2) is 11.0. The van der Waals surface area contributed by atoms with Gasteiger partial charge in [0.2, 0.25) is 0 Å². The van der Waals surface area contributed by atoms with Crippen LogP contribution in [0.3, 0.4) is 0 Å². The molecule has 2 aromatic heterocycles. The molecule has 0 radical (unpaired) electrons. The second-order valence-electron chi connectivity index (χ2n) is 12.5. The van der Waals surface area contributed by atoms with Crippen molar-refractivity contribution in [3.63, 3.8) is 0 Å². The highest BCUT2D eigenvalue weighted by Gasteiger charge is 2.19. The Morgan fingerprint density at radius 2 is 0.796 bits per heavy atom. The number of benzene rings is 8. The molecular weight excluding hydrogens is 597 g/mol. The maximum absolute atomic E-state index is 6.46. The monoisotopic (exact) mass is 624 g/mol. The van der Waals surface area contributed by atoms with Crippen molar-refractivity contribution in [3.05, 3.63) is 170 Å². The van der Waals surface area contributed by atoms with Gasteiger partial charge in [-0.15, -0.1) is 0 Å². The van der Waals surface area contributed by atoms with Gasteiger partial charge in [-0.2, -0.15) is 0 Å². The average molecular weight is 625 g/mol. The highest BCUT2D eigenvalue weighted by atomic mass is 16.3. The first-order valence-corrected chi connectivity index (χ1v) is 16.6. The fourth-order valence-corrected chi connectivity index (χ4v) is 7.27. The highest BCUT2D eigenvalue weighted by molar-refractivity contribution is 6.25. The van der Waals surface area contributed by atoms with E-state index >= 15 is 0 Å². The summed E-state index contributed by atoms with van der Waals surface area (Å²) in [6.45, 7) is 0. The van der Waals surface area contributed by atoms with E-state index in [1.807, 2.05) is 30.3 Å². The van der Waals surface area contributed by atoms with Crippen molar-refractivity contribution in [2.24, 2.45) is 0 Å². The average Bonchev–Trinajstić information content (AvgIpc) is 3.56. The van der Waals surface area contributed by atoms with Crippen LogP contribution < -0.4 is 0 Å². The molecule has 3 nitrogen and oxygen atoms in total. The molecule has 0 saturated carbocycles. The molecule has 10 aromatic rings. The lowest BCUT2D eigenvalue weighted by atomic mass is 9.92. The van der Waals surface area contributed by atoms with Crippen molar-refractivity contribution >= 4 is 54.4 Å². The zero-order valence-electron chi connectivity index (χ0n) is 26.5. The van der Waals surface area contributed by atoms with Gasteiger partial charge in [-0.1, -0.05) is 152 Å². The number of aromatic nitrogens is 2. The summed E-state index contributed by atoms with van der Waals surface area (Å²) >= 11 is 0. The van der Waals surface area contributed by atoms with Gasteiger partial charge in [0.25, 0.3) is 0 Å². The zero-order chi connectivity index (χ0) is 32.3. The lowest BCUT2D eigenvalue weighted by Gasteiger charge is -2.12. The standard InChI is InChI=1S/C46H28N2O/c1-3-11-29(12-4-1)34-24-26-42-41(28-34)44-45(49-42)43(31-13-5-2-6-14-31)47-46(48-44)32-21-19-30(20-22-32)33-23-25-39-37-17-8-7-15-35(37)36-16-9-10-18-38(36)40(39)27-33/h1-28H. The van der Waals surface area contributed by atoms with Crippen LogP contribution in [0.25, 0.3) is 99.3 Å². The molecule has 0 atom stereocenters. The van der Waals surface area contributed by atoms with Gasteiger partial charge in [-0.25, -0.2) is 9.97 Å². The Morgan fingerprint density at radius 3 is 1.45 bits per heavy atom. The molecule has 0 saturated heterocycles. The van der Waals surface area contributed by atoms with Crippen LogP contribution in [0.2, 0.25) is 0 Å². The zero-order valence-corrected chi connectivity index (χ0v) is 26.5. The van der Waals surface area contributed by atoms with Crippen LogP contribution in [-0.2, 0) is 0 Å². The predicted octanol–water partition coefficient (Wildman–Crippen LogP) is 12.5. The first-order valence-electron chi connectivity index (χ1n) is 16.6. The lowest BCUT2D eigenvalue weighted by molar-refractivity contribution is 0.667. The van der Waals surface area contributed by atoms with E-state index in [0.717, 1.165) is 50.0 Å². The fourth-order valence-electron chi connectivity index (χ4n) is 7.27. The molecule has 0 aliphatic rings. The highest BCUT2D eigenvalue weighted by Crippen LogP contribution is 2.39. The van der Waals surface area contributed by atoms with Gasteiger partial charge in [-0.3, -0.25) is 0 Å². The largest absolute Gasteiger partial charge is 0.452 e. The smallest absolute Gasteiger partial charge is 0.180 e. The van der Waals surface area contributed by atoms with E-state index in [2.05, 4.69) is 140 Å². The molecule has 0 fully saturated rings. The van der Waals surface area contributed by atoms with Crippen molar-refractivity contribution in [3.8, 4) is 44.9 Å². The Bertz CT molecular complexity index is 2820. The van der Waals surface area contributed by atoms with Gasteiger partial charge in [0.1, 0.15) is 16.8 Å². The summed E-state index contributed by atoms with van der Waals surface area (Å²) in [5, 5.41) is 8.63. The minimum Gasteiger partial charge on any atom is -0.452 e. The van der Waals surface area contributed by atoms with Crippen molar-refractivity contribution in [2.45, 2.75) is 0 Å². The topological polar surface area (TPSA) is 38.9 Å². The molecule has 2 heterocycles. The van der Waals surface area contributed by atoms with E-state index in [1.165, 1.54) is 37.9 Å². The second-order valence-corrected chi connectivity index (χ2v) is 12.5. The summed E-state index contributed by atoms with van der Waals surface area (Å²) in [5.74, 6) is 0.668. The Hall–Kier alpha value is -6.58. The number of rotatable bonds is 4. The molecule has 0 spiro atoms. The Balaban J connectivity index is 1.11. The molecule has 0 aliphatic carbocycles.